The van der Waals surface area contributed by atoms with E-state index in [1.54, 1.807) is 26.0 Å². The zero-order chi connectivity index (χ0) is 18.4. The van der Waals surface area contributed by atoms with Crippen molar-refractivity contribution in [2.24, 2.45) is 5.92 Å². The van der Waals surface area contributed by atoms with Crippen LogP contribution in [0.2, 0.25) is 0 Å². The van der Waals surface area contributed by atoms with E-state index in [0.717, 1.165) is 10.8 Å². The van der Waals surface area contributed by atoms with Crippen LogP contribution in [0.3, 0.4) is 0 Å². The van der Waals surface area contributed by atoms with E-state index in [-0.39, 0.29) is 30.2 Å². The first-order valence-electron chi connectivity index (χ1n) is 7.71. The molecule has 25 heavy (non-hydrogen) atoms. The molecule has 1 N–H and O–H groups in total. The third-order valence-electron chi connectivity index (χ3n) is 3.91. The number of aryl methyl sites for hydroxylation is 1. The fourth-order valence-corrected chi connectivity index (χ4v) is 2.56. The summed E-state index contributed by atoms with van der Waals surface area (Å²) in [6, 6.07) is 5.71. The van der Waals surface area contributed by atoms with Gasteiger partial charge in [0.05, 0.1) is 0 Å². The summed E-state index contributed by atoms with van der Waals surface area (Å²) in [5, 5.41) is 10.5. The average molecular weight is 433 g/mol. The molecular formula is C20H30Cl2OSiTi. The van der Waals surface area contributed by atoms with Gasteiger partial charge < -0.3 is 5.11 Å². The summed E-state index contributed by atoms with van der Waals surface area (Å²) in [4.78, 5) is 3.25. The predicted molar refractivity (Wildman–Crippen MR) is 113 cm³/mol. The van der Waals surface area contributed by atoms with E-state index in [0.29, 0.717) is 11.7 Å². The Bertz CT molecular complexity index is 584. The molecule has 0 aromatic heterocycles. The molecule has 1 aromatic carbocycles. The number of rotatable bonds is 0. The van der Waals surface area contributed by atoms with Gasteiger partial charge in [0, 0.05) is 10.2 Å². The van der Waals surface area contributed by atoms with Crippen molar-refractivity contribution in [3.63, 3.8) is 0 Å². The summed E-state index contributed by atoms with van der Waals surface area (Å²) >= 11 is 1.75. The Morgan fingerprint density at radius 1 is 1.08 bits per heavy atom. The van der Waals surface area contributed by atoms with E-state index < -0.39 is 0 Å². The Labute approximate surface area is 181 Å². The van der Waals surface area contributed by atoms with Crippen LogP contribution in [-0.4, -0.2) is 20.2 Å². The molecule has 1 aromatic rings. The van der Waals surface area contributed by atoms with Gasteiger partial charge in [-0.25, -0.2) is 10.8 Å². The molecule has 1 atom stereocenters. The second-order valence-electron chi connectivity index (χ2n) is 6.86. The Morgan fingerprint density at radius 3 is 1.80 bits per heavy atom. The number of allylic oxidation sites excluding steroid dienone is 4. The van der Waals surface area contributed by atoms with Gasteiger partial charge >= 0.3 is 24.8 Å². The van der Waals surface area contributed by atoms with Gasteiger partial charge in [-0.1, -0.05) is 46.6 Å². The Hall–Kier alpha value is -0.119. The van der Waals surface area contributed by atoms with Crippen LogP contribution in [-0.2, 0) is 25.4 Å². The van der Waals surface area contributed by atoms with E-state index in [9.17, 15) is 5.11 Å². The molecule has 0 spiro atoms. The van der Waals surface area contributed by atoms with Gasteiger partial charge in [0.1, 0.15) is 5.75 Å². The molecule has 0 saturated heterocycles. The minimum atomic E-state index is 0. The zero-order valence-corrected chi connectivity index (χ0v) is 20.5. The summed E-state index contributed by atoms with van der Waals surface area (Å²) in [6.45, 7) is 14.8. The van der Waals surface area contributed by atoms with Gasteiger partial charge in [-0.15, -0.1) is 31.7 Å². The molecule has 0 fully saturated rings. The van der Waals surface area contributed by atoms with E-state index >= 15 is 0 Å². The zero-order valence-electron chi connectivity index (χ0n) is 16.3. The molecule has 3 radical (unpaired) electrons. The maximum absolute atomic E-state index is 9.36. The first kappa shape index (κ1) is 29.6. The Morgan fingerprint density at radius 2 is 1.56 bits per heavy atom. The van der Waals surface area contributed by atoms with Crippen molar-refractivity contribution in [1.29, 1.82) is 0 Å². The summed E-state index contributed by atoms with van der Waals surface area (Å²) in [5.74, 6) is 0.873. The van der Waals surface area contributed by atoms with E-state index in [2.05, 4.69) is 68.7 Å². The van der Waals surface area contributed by atoms with E-state index in [4.69, 9.17) is 0 Å². The Balaban J connectivity index is -0.000000336. The standard InChI is InChI=1S/C11H16O.C8H10Si.CH2.2ClH.Ti/c1-8-5-9(11(2,3)4)7-10(12)6-8;1-5-4-8(9)7(3)6(5)2;;;;/h5-7,12H,1-4H3;5H,1-3H3;1H2;2*1H;/q;-1;;;;+1. The van der Waals surface area contributed by atoms with Crippen molar-refractivity contribution < 1.29 is 25.1 Å². The molecule has 1 nitrogen and oxygen atoms in total. The van der Waals surface area contributed by atoms with Gasteiger partial charge in [0.2, 0.25) is 0 Å². The molecule has 0 heterocycles. The van der Waals surface area contributed by atoms with Crippen LogP contribution in [0.4, 0.5) is 0 Å². The van der Waals surface area contributed by atoms with Crippen LogP contribution in [0.1, 0.15) is 52.7 Å². The van der Waals surface area contributed by atoms with Crippen molar-refractivity contribution in [3.8, 4) is 5.75 Å². The fourth-order valence-electron chi connectivity index (χ4n) is 2.15. The molecule has 0 bridgehead atoms. The maximum atomic E-state index is 9.36. The van der Waals surface area contributed by atoms with Crippen molar-refractivity contribution in [3.05, 3.63) is 51.7 Å². The number of benzene rings is 1. The topological polar surface area (TPSA) is 20.2 Å². The quantitative estimate of drug-likeness (QED) is 0.415. The number of aromatic hydroxyl groups is 1. The van der Waals surface area contributed by atoms with Crippen LogP contribution >= 0.6 is 24.8 Å². The second-order valence-corrected chi connectivity index (χ2v) is 7.36. The second kappa shape index (κ2) is 13.1. The van der Waals surface area contributed by atoms with Gasteiger partial charge in [-0.2, -0.15) is 5.57 Å². The van der Waals surface area contributed by atoms with Crippen LogP contribution in [0.15, 0.2) is 34.5 Å². The predicted octanol–water partition coefficient (Wildman–Crippen LogP) is 5.64. The van der Waals surface area contributed by atoms with Gasteiger partial charge in [0.15, 0.2) is 0 Å². The molecule has 1 unspecified atom stereocenters. The van der Waals surface area contributed by atoms with Gasteiger partial charge in [-0.05, 0) is 35.6 Å². The molecular weight excluding hydrogens is 403 g/mol. The first-order chi connectivity index (χ1) is 10.5. The molecule has 138 valence electrons. The third kappa shape index (κ3) is 9.96. The summed E-state index contributed by atoms with van der Waals surface area (Å²) < 4.78 is 0. The summed E-state index contributed by atoms with van der Waals surface area (Å²) in [5.41, 5.74) is 5.18. The van der Waals surface area contributed by atoms with Crippen molar-refractivity contribution in [2.45, 2.75) is 53.9 Å². The number of phenols is 1. The van der Waals surface area contributed by atoms with Crippen molar-refractivity contribution in [2.75, 3.05) is 0 Å². The first-order valence-corrected chi connectivity index (χ1v) is 9.32. The van der Waals surface area contributed by atoms with Crippen LogP contribution in [0.25, 0.3) is 0 Å². The molecule has 2 rings (SSSR count). The monoisotopic (exact) mass is 432 g/mol. The molecule has 1 aliphatic rings. The third-order valence-corrected chi connectivity index (χ3v) is 4.42. The number of hydrogen-bond acceptors (Lipinski definition) is 1. The molecule has 5 heteroatoms. The number of phenolic OH excluding ortho intramolecular Hbond substituents is 1. The van der Waals surface area contributed by atoms with Crippen LogP contribution in [0, 0.1) is 18.9 Å². The van der Waals surface area contributed by atoms with Gasteiger partial charge in [-0.3, -0.25) is 6.08 Å². The summed E-state index contributed by atoms with van der Waals surface area (Å²) in [7, 11) is 3.48. The number of halogens is 2. The molecule has 0 aliphatic heterocycles. The molecule has 0 saturated carbocycles. The van der Waals surface area contributed by atoms with E-state index in [1.165, 1.54) is 16.7 Å². The van der Waals surface area contributed by atoms with Crippen LogP contribution < -0.4 is 0 Å². The fraction of sp³-hybridized carbons (Fsp3) is 0.450. The van der Waals surface area contributed by atoms with Gasteiger partial charge in [0.25, 0.3) is 0 Å². The average Bonchev–Trinajstić information content (AvgIpc) is 2.66. The number of hydrogen-bond donors (Lipinski definition) is 1. The van der Waals surface area contributed by atoms with Crippen molar-refractivity contribution >= 4 is 39.9 Å². The SMILES string of the molecule is CC1=C(C)C(C)[C-]=C1[Si].Cc1cc(O)cc(C(C)(C)C)c1.Cl.Cl.[CH2]=[Ti+]. The summed E-state index contributed by atoms with van der Waals surface area (Å²) in [6.07, 6.45) is 3.27. The normalized spacial score (nSPS) is 15.6. The van der Waals surface area contributed by atoms with E-state index in [1.807, 2.05) is 13.0 Å². The molecule has 1 aliphatic carbocycles. The minimum absolute atomic E-state index is 0. The van der Waals surface area contributed by atoms with Crippen LogP contribution in [0.5, 0.6) is 5.75 Å². The Kier molecular flexibility index (Phi) is 15.5. The van der Waals surface area contributed by atoms with Crippen molar-refractivity contribution in [1.82, 2.24) is 0 Å². The molecule has 0 amide bonds.